The van der Waals surface area contributed by atoms with Crippen molar-refractivity contribution in [3.63, 3.8) is 0 Å². The van der Waals surface area contributed by atoms with E-state index in [2.05, 4.69) is 21.4 Å². The third kappa shape index (κ3) is 10.1. The van der Waals surface area contributed by atoms with Crippen LogP contribution in [-0.4, -0.2) is 12.6 Å². The van der Waals surface area contributed by atoms with Crippen LogP contribution in [0.3, 0.4) is 0 Å². The summed E-state index contributed by atoms with van der Waals surface area (Å²) in [6.45, 7) is 2.68. The summed E-state index contributed by atoms with van der Waals surface area (Å²) in [4.78, 5) is 11.1. The fourth-order valence-corrected chi connectivity index (χ4v) is 2.19. The Bertz CT molecular complexity index is 159. The fraction of sp³-hybridized carbons (Fsp3) is 1.00. The standard InChI is InChI=1S/C5H14NO2PS.K/c1-5(2,3)6-9(7,10)8-4;/h1-4H3,(H2,6,7,10);/q;+1/p-1. The molecular weight excluding hydrogens is 208 g/mol. The quantitative estimate of drug-likeness (QED) is 0.417. The van der Waals surface area contributed by atoms with Gasteiger partial charge in [-0.3, -0.25) is 5.09 Å². The van der Waals surface area contributed by atoms with E-state index in [9.17, 15) is 4.89 Å². The zero-order chi connectivity index (χ0) is 8.41. The Morgan fingerprint density at radius 1 is 1.45 bits per heavy atom. The number of hydrogen-bond acceptors (Lipinski definition) is 3. The molecule has 0 heterocycles. The van der Waals surface area contributed by atoms with Crippen LogP contribution >= 0.6 is 6.64 Å². The maximum absolute atomic E-state index is 11.1. The van der Waals surface area contributed by atoms with Gasteiger partial charge >= 0.3 is 51.4 Å². The van der Waals surface area contributed by atoms with Crippen molar-refractivity contribution in [1.29, 1.82) is 0 Å². The van der Waals surface area contributed by atoms with Crippen molar-refractivity contribution >= 4 is 18.4 Å². The molecule has 0 aliphatic rings. The largest absolute Gasteiger partial charge is 1.00 e. The smallest absolute Gasteiger partial charge is 0.789 e. The molecule has 0 saturated carbocycles. The molecule has 11 heavy (non-hydrogen) atoms. The molecule has 6 heteroatoms. The van der Waals surface area contributed by atoms with E-state index in [4.69, 9.17) is 0 Å². The fourth-order valence-electron chi connectivity index (χ4n) is 0.456. The van der Waals surface area contributed by atoms with E-state index in [-0.39, 0.29) is 56.9 Å². The molecular formula is C5H13KNO2PS. The van der Waals surface area contributed by atoms with Gasteiger partial charge in [-0.1, -0.05) is 11.8 Å². The Hall–Kier alpha value is 2.17. The number of rotatable bonds is 2. The second-order valence-corrected chi connectivity index (χ2v) is 6.07. The molecule has 0 aromatic rings. The van der Waals surface area contributed by atoms with Crippen LogP contribution in [-0.2, 0) is 16.3 Å². The molecule has 0 aliphatic heterocycles. The van der Waals surface area contributed by atoms with Crippen LogP contribution < -0.4 is 61.4 Å². The topological polar surface area (TPSA) is 44.3 Å². The van der Waals surface area contributed by atoms with Gasteiger partial charge in [0.1, 0.15) is 0 Å². The van der Waals surface area contributed by atoms with Crippen molar-refractivity contribution in [2.45, 2.75) is 26.3 Å². The van der Waals surface area contributed by atoms with Gasteiger partial charge in [0.25, 0.3) is 0 Å². The molecule has 0 rings (SSSR count). The molecule has 0 fully saturated rings. The summed E-state index contributed by atoms with van der Waals surface area (Å²) in [7, 11) is 1.34. The van der Waals surface area contributed by atoms with Gasteiger partial charge in [0.15, 0.2) is 0 Å². The average Bonchev–Trinajstić information content (AvgIpc) is 1.60. The third-order valence-electron chi connectivity index (χ3n) is 0.713. The van der Waals surface area contributed by atoms with E-state index in [1.165, 1.54) is 7.11 Å². The van der Waals surface area contributed by atoms with Crippen LogP contribution in [0, 0.1) is 0 Å². The average molecular weight is 221 g/mol. The van der Waals surface area contributed by atoms with Crippen molar-refractivity contribution in [1.82, 2.24) is 5.09 Å². The molecule has 1 N–H and O–H groups in total. The second kappa shape index (κ2) is 5.80. The van der Waals surface area contributed by atoms with Crippen molar-refractivity contribution in [3.05, 3.63) is 0 Å². The first-order chi connectivity index (χ1) is 4.27. The van der Waals surface area contributed by atoms with Gasteiger partial charge in [0.2, 0.25) is 0 Å². The Balaban J connectivity index is 0. The number of hydrogen-bond donors (Lipinski definition) is 1. The van der Waals surface area contributed by atoms with Gasteiger partial charge in [0, 0.05) is 12.6 Å². The monoisotopic (exact) mass is 221 g/mol. The Kier molecular flexibility index (Phi) is 8.25. The summed E-state index contributed by atoms with van der Waals surface area (Å²) in [6.07, 6.45) is 0. The van der Waals surface area contributed by atoms with E-state index >= 15 is 0 Å². The van der Waals surface area contributed by atoms with Gasteiger partial charge in [0.05, 0.1) is 6.64 Å². The summed E-state index contributed by atoms with van der Waals surface area (Å²) >= 11 is 4.61. The van der Waals surface area contributed by atoms with Gasteiger partial charge in [-0.05, 0) is 20.8 Å². The summed E-state index contributed by atoms with van der Waals surface area (Å²) in [6, 6.07) is 0. The minimum absolute atomic E-state index is 0. The molecule has 3 nitrogen and oxygen atoms in total. The number of nitrogens with one attached hydrogen (secondary N) is 1. The zero-order valence-corrected chi connectivity index (χ0v) is 12.5. The molecule has 0 saturated heterocycles. The molecule has 0 aliphatic carbocycles. The molecule has 0 aromatic carbocycles. The van der Waals surface area contributed by atoms with Crippen molar-refractivity contribution in [2.24, 2.45) is 0 Å². The van der Waals surface area contributed by atoms with Crippen LogP contribution in [0.4, 0.5) is 0 Å². The summed E-state index contributed by atoms with van der Waals surface area (Å²) in [5.41, 5.74) is -0.257. The van der Waals surface area contributed by atoms with Gasteiger partial charge < -0.3 is 9.42 Å². The van der Waals surface area contributed by atoms with Gasteiger partial charge in [-0.2, -0.15) is 0 Å². The predicted molar refractivity (Wildman–Crippen MR) is 44.2 cm³/mol. The van der Waals surface area contributed by atoms with Gasteiger partial charge in [-0.15, -0.1) is 0 Å². The van der Waals surface area contributed by atoms with Crippen LogP contribution in [0.25, 0.3) is 0 Å². The van der Waals surface area contributed by atoms with Crippen LogP contribution in [0.5, 0.6) is 0 Å². The van der Waals surface area contributed by atoms with Crippen molar-refractivity contribution < 1.29 is 60.8 Å². The summed E-state index contributed by atoms with van der Waals surface area (Å²) in [5, 5.41) is 2.69. The van der Waals surface area contributed by atoms with Crippen molar-refractivity contribution in [3.8, 4) is 0 Å². The minimum atomic E-state index is -2.96. The normalized spacial score (nSPS) is 16.8. The van der Waals surface area contributed by atoms with E-state index in [1.54, 1.807) is 0 Å². The van der Waals surface area contributed by atoms with Crippen molar-refractivity contribution in [2.75, 3.05) is 7.11 Å². The second-order valence-electron chi connectivity index (χ2n) is 3.04. The molecule has 1 atom stereocenters. The van der Waals surface area contributed by atoms with E-state index in [1.807, 2.05) is 20.8 Å². The first-order valence-corrected chi connectivity index (χ1v) is 5.57. The summed E-state index contributed by atoms with van der Waals surface area (Å²) in [5.74, 6) is 0. The molecule has 0 amide bonds. The van der Waals surface area contributed by atoms with E-state index in [0.717, 1.165) is 0 Å². The van der Waals surface area contributed by atoms with Crippen LogP contribution in [0.15, 0.2) is 0 Å². The predicted octanol–water partition coefficient (Wildman–Crippen LogP) is -2.39. The molecule has 1 unspecified atom stereocenters. The molecule has 0 aromatic heterocycles. The van der Waals surface area contributed by atoms with Crippen LogP contribution in [0.2, 0.25) is 0 Å². The van der Waals surface area contributed by atoms with E-state index in [0.29, 0.717) is 0 Å². The third-order valence-corrected chi connectivity index (χ3v) is 2.86. The van der Waals surface area contributed by atoms with E-state index < -0.39 is 6.64 Å². The Labute approximate surface area is 116 Å². The van der Waals surface area contributed by atoms with Crippen LogP contribution in [0.1, 0.15) is 20.8 Å². The molecule has 0 bridgehead atoms. The molecule has 62 valence electrons. The molecule has 0 radical (unpaired) electrons. The molecule has 0 spiro atoms. The first kappa shape index (κ1) is 15.6. The summed E-state index contributed by atoms with van der Waals surface area (Å²) < 4.78 is 4.57. The first-order valence-electron chi connectivity index (χ1n) is 2.93. The minimum Gasteiger partial charge on any atom is -0.789 e. The maximum atomic E-state index is 11.1. The Morgan fingerprint density at radius 2 is 1.82 bits per heavy atom. The zero-order valence-electron chi connectivity index (χ0n) is 7.67. The maximum Gasteiger partial charge on any atom is 1.00 e. The SMILES string of the molecule is COP([O-])(=S)NC(C)(C)C.[K+]. The van der Waals surface area contributed by atoms with Gasteiger partial charge in [-0.25, -0.2) is 0 Å². The Morgan fingerprint density at radius 3 is 1.91 bits per heavy atom.